The molecule has 330 valence electrons. The second-order valence-electron chi connectivity index (χ2n) is 14.9. The van der Waals surface area contributed by atoms with E-state index in [1.807, 2.05) is 0 Å². The average Bonchev–Trinajstić information content (AvgIpc) is 3.20. The van der Waals surface area contributed by atoms with E-state index in [1.165, 1.54) is 96.3 Å². The lowest BCUT2D eigenvalue weighted by atomic mass is 10.0. The van der Waals surface area contributed by atoms with Gasteiger partial charge in [0.15, 0.2) is 0 Å². The highest BCUT2D eigenvalue weighted by Gasteiger charge is 2.25. The summed E-state index contributed by atoms with van der Waals surface area (Å²) in [5, 5.41) is 0. The number of phosphoric ester groups is 1. The summed E-state index contributed by atoms with van der Waals surface area (Å²) in [4.78, 5) is 22.5. The number of phosphoric acid groups is 1. The molecule has 0 saturated carbocycles. The highest BCUT2D eigenvalue weighted by atomic mass is 31.2. The molecule has 0 bridgehead atoms. The molecule has 0 aromatic carbocycles. The van der Waals surface area contributed by atoms with Gasteiger partial charge in [-0.05, 0) is 64.2 Å². The molecule has 2 unspecified atom stereocenters. The van der Waals surface area contributed by atoms with Crippen LogP contribution in [0, 0.1) is 0 Å². The molecule has 0 fully saturated rings. The zero-order chi connectivity index (χ0) is 41.6. The molecule has 0 spiro atoms. The van der Waals surface area contributed by atoms with E-state index in [0.29, 0.717) is 13.0 Å². The van der Waals surface area contributed by atoms with Crippen LogP contribution in [0.3, 0.4) is 0 Å². The first-order chi connectivity index (χ1) is 27.9. The Bertz CT molecular complexity index is 1100. The second kappa shape index (κ2) is 45.0. The molecule has 3 N–H and O–H groups in total. The monoisotopic (exact) mass is 820 g/mol. The van der Waals surface area contributed by atoms with Gasteiger partial charge in [-0.3, -0.25) is 13.8 Å². The van der Waals surface area contributed by atoms with Crippen LogP contribution < -0.4 is 5.73 Å². The SMILES string of the molecule is CC/C=C\C/C=C\C/C=C\C/C=C\C/C=C\C/C=C\CCCCC(=O)OC(COCCCCCCCCCCCCCCCCCCC)COP(=O)(O)OCCN. The number of unbranched alkanes of at least 4 members (excludes halogenated alkanes) is 18. The van der Waals surface area contributed by atoms with Gasteiger partial charge in [0.25, 0.3) is 0 Å². The topological polar surface area (TPSA) is 117 Å². The lowest BCUT2D eigenvalue weighted by Crippen LogP contribution is -2.28. The summed E-state index contributed by atoms with van der Waals surface area (Å²) >= 11 is 0. The summed E-state index contributed by atoms with van der Waals surface area (Å²) in [7, 11) is -4.29. The first-order valence-corrected chi connectivity index (χ1v) is 24.4. The molecule has 0 aliphatic carbocycles. The fourth-order valence-electron chi connectivity index (χ4n) is 6.06. The van der Waals surface area contributed by atoms with Gasteiger partial charge >= 0.3 is 13.8 Å². The molecule has 9 heteroatoms. The standard InChI is InChI=1S/C48H86NO7P/c1-3-5-7-9-11-13-15-17-19-21-22-23-24-25-27-29-31-33-35-37-39-41-48(50)56-47(46-55-57(51,52)54-44-42-49)45-53-43-40-38-36-34-32-30-28-26-20-18-16-14-12-10-8-6-4-2/h5,7,11,13,17,19,22-23,25,27,31,33,47H,3-4,6,8-10,12,14-16,18,20-21,24,26,28-30,32,34-46,49H2,1-2H3,(H,51,52)/b7-5-,13-11-,19-17-,23-22-,27-25-,33-31-. The number of carbonyl (C=O) groups is 1. The molecule has 0 heterocycles. The molecule has 0 radical (unpaired) electrons. The predicted octanol–water partition coefficient (Wildman–Crippen LogP) is 13.9. The van der Waals surface area contributed by atoms with E-state index in [-0.39, 0.29) is 38.8 Å². The third-order valence-electron chi connectivity index (χ3n) is 9.39. The number of carbonyl (C=O) groups excluding carboxylic acids is 1. The minimum atomic E-state index is -4.29. The van der Waals surface area contributed by atoms with Crippen LogP contribution in [0.5, 0.6) is 0 Å². The van der Waals surface area contributed by atoms with E-state index < -0.39 is 13.9 Å². The molecule has 0 aromatic heterocycles. The molecular formula is C48H86NO7P. The van der Waals surface area contributed by atoms with Crippen molar-refractivity contribution in [2.24, 2.45) is 5.73 Å². The lowest BCUT2D eigenvalue weighted by Gasteiger charge is -2.20. The summed E-state index contributed by atoms with van der Waals surface area (Å²) in [6.45, 7) is 4.76. The molecule has 0 aromatic rings. The van der Waals surface area contributed by atoms with Crippen molar-refractivity contribution in [3.63, 3.8) is 0 Å². The van der Waals surface area contributed by atoms with Crippen molar-refractivity contribution in [1.29, 1.82) is 0 Å². The number of hydrogen-bond donors (Lipinski definition) is 2. The van der Waals surface area contributed by atoms with Crippen molar-refractivity contribution < 1.29 is 32.8 Å². The molecule has 0 aliphatic rings. The molecule has 8 nitrogen and oxygen atoms in total. The minimum absolute atomic E-state index is 0.0906. The van der Waals surface area contributed by atoms with Gasteiger partial charge in [-0.25, -0.2) is 4.57 Å². The van der Waals surface area contributed by atoms with Crippen LogP contribution >= 0.6 is 7.82 Å². The zero-order valence-electron chi connectivity index (χ0n) is 36.6. The number of allylic oxidation sites excluding steroid dienone is 12. The average molecular weight is 820 g/mol. The summed E-state index contributed by atoms with van der Waals surface area (Å²) < 4.78 is 33.4. The van der Waals surface area contributed by atoms with Gasteiger partial charge in [0.2, 0.25) is 0 Å². The number of rotatable bonds is 43. The first-order valence-electron chi connectivity index (χ1n) is 22.9. The van der Waals surface area contributed by atoms with Crippen LogP contribution in [0.4, 0.5) is 0 Å². The smallest absolute Gasteiger partial charge is 0.457 e. The zero-order valence-corrected chi connectivity index (χ0v) is 37.4. The Hall–Kier alpha value is -2.06. The fourth-order valence-corrected chi connectivity index (χ4v) is 6.82. The lowest BCUT2D eigenvalue weighted by molar-refractivity contribution is -0.154. The van der Waals surface area contributed by atoms with Crippen molar-refractivity contribution >= 4 is 13.8 Å². The summed E-state index contributed by atoms with van der Waals surface area (Å²) in [6.07, 6.45) is 56.4. The molecule has 0 aliphatic heterocycles. The van der Waals surface area contributed by atoms with Crippen molar-refractivity contribution in [1.82, 2.24) is 0 Å². The Labute approximate surface area is 350 Å². The van der Waals surface area contributed by atoms with Gasteiger partial charge < -0.3 is 20.1 Å². The number of hydrogen-bond acceptors (Lipinski definition) is 7. The van der Waals surface area contributed by atoms with Crippen molar-refractivity contribution in [3.05, 3.63) is 72.9 Å². The fraction of sp³-hybridized carbons (Fsp3) is 0.729. The van der Waals surface area contributed by atoms with Crippen molar-refractivity contribution in [2.45, 2.75) is 193 Å². The Morgan fingerprint density at radius 3 is 1.44 bits per heavy atom. The highest BCUT2D eigenvalue weighted by molar-refractivity contribution is 7.47. The van der Waals surface area contributed by atoms with Crippen LogP contribution in [0.2, 0.25) is 0 Å². The summed E-state index contributed by atoms with van der Waals surface area (Å²) in [5.41, 5.74) is 5.37. The van der Waals surface area contributed by atoms with Gasteiger partial charge in [0, 0.05) is 19.6 Å². The van der Waals surface area contributed by atoms with Gasteiger partial charge in [-0.15, -0.1) is 0 Å². The third-order valence-corrected chi connectivity index (χ3v) is 10.4. The third kappa shape index (κ3) is 44.9. The molecular weight excluding hydrogens is 734 g/mol. The minimum Gasteiger partial charge on any atom is -0.457 e. The van der Waals surface area contributed by atoms with Gasteiger partial charge in [-0.2, -0.15) is 0 Å². The summed E-state index contributed by atoms with van der Waals surface area (Å²) in [5.74, 6) is -0.372. The molecule has 0 saturated heterocycles. The molecule has 0 amide bonds. The van der Waals surface area contributed by atoms with Gasteiger partial charge in [0.05, 0.1) is 19.8 Å². The van der Waals surface area contributed by atoms with E-state index >= 15 is 0 Å². The second-order valence-corrected chi connectivity index (χ2v) is 16.3. The van der Waals surface area contributed by atoms with E-state index in [9.17, 15) is 14.3 Å². The Morgan fingerprint density at radius 1 is 0.544 bits per heavy atom. The molecule has 2 atom stereocenters. The van der Waals surface area contributed by atoms with Crippen molar-refractivity contribution in [2.75, 3.05) is 33.0 Å². The van der Waals surface area contributed by atoms with E-state index in [0.717, 1.165) is 64.2 Å². The maximum atomic E-state index is 12.6. The highest BCUT2D eigenvalue weighted by Crippen LogP contribution is 2.43. The first kappa shape index (κ1) is 54.9. The van der Waals surface area contributed by atoms with Crippen LogP contribution in [0.25, 0.3) is 0 Å². The maximum absolute atomic E-state index is 12.6. The number of ether oxygens (including phenoxy) is 2. The largest absolute Gasteiger partial charge is 0.472 e. The van der Waals surface area contributed by atoms with Gasteiger partial charge in [-0.1, -0.05) is 189 Å². The molecule has 0 rings (SSSR count). The van der Waals surface area contributed by atoms with Crippen molar-refractivity contribution in [3.8, 4) is 0 Å². The molecule has 57 heavy (non-hydrogen) atoms. The van der Waals surface area contributed by atoms with Crippen LogP contribution in [-0.4, -0.2) is 49.9 Å². The van der Waals surface area contributed by atoms with E-state index in [4.69, 9.17) is 24.3 Å². The number of esters is 1. The quantitative estimate of drug-likeness (QED) is 0.0270. The normalized spacial score (nSPS) is 14.1. The van der Waals surface area contributed by atoms with Crippen LogP contribution in [-0.2, 0) is 27.9 Å². The Kier molecular flexibility index (Phi) is 43.4. The van der Waals surface area contributed by atoms with Crippen LogP contribution in [0.1, 0.15) is 187 Å². The Balaban J connectivity index is 4.11. The summed E-state index contributed by atoms with van der Waals surface area (Å²) in [6, 6.07) is 0. The van der Waals surface area contributed by atoms with Crippen LogP contribution in [0.15, 0.2) is 72.9 Å². The number of nitrogens with two attached hydrogens (primary N) is 1. The van der Waals surface area contributed by atoms with Gasteiger partial charge in [0.1, 0.15) is 6.10 Å². The predicted molar refractivity (Wildman–Crippen MR) is 242 cm³/mol. The Morgan fingerprint density at radius 2 is 0.982 bits per heavy atom. The maximum Gasteiger partial charge on any atom is 0.472 e. The van der Waals surface area contributed by atoms with E-state index in [1.54, 1.807) is 0 Å². The van der Waals surface area contributed by atoms with E-state index in [2.05, 4.69) is 86.8 Å².